The predicted octanol–water partition coefficient (Wildman–Crippen LogP) is 4.84. The number of pyridine rings is 1. The molecule has 1 atom stereocenters. The number of halogens is 1. The van der Waals surface area contributed by atoms with Gasteiger partial charge in [0.25, 0.3) is 5.91 Å². The van der Waals surface area contributed by atoms with E-state index in [4.69, 9.17) is 11.6 Å². The summed E-state index contributed by atoms with van der Waals surface area (Å²) >= 11 is 6.12. The van der Waals surface area contributed by atoms with Crippen LogP contribution in [0.15, 0.2) is 73.1 Å². The van der Waals surface area contributed by atoms with E-state index < -0.39 is 0 Å². The second-order valence-corrected chi connectivity index (χ2v) is 6.42. The first-order valence-electron chi connectivity index (χ1n) is 8.41. The average Bonchev–Trinajstić information content (AvgIpc) is 2.68. The standard InChI is InChI=1S/C21H20ClN3O/c1-15(16-7-3-2-4-8-16)25-19-11-18(12-23-14-19)21(26)24-13-17-9-5-6-10-20(17)22/h2-12,14-15,25H,13H2,1H3,(H,24,26). The highest BCUT2D eigenvalue weighted by Gasteiger charge is 2.10. The van der Waals surface area contributed by atoms with Gasteiger partial charge in [0.1, 0.15) is 0 Å². The first-order valence-corrected chi connectivity index (χ1v) is 8.79. The van der Waals surface area contributed by atoms with Crippen LogP contribution in [0.1, 0.15) is 34.5 Å². The number of anilines is 1. The molecule has 1 amide bonds. The van der Waals surface area contributed by atoms with Crippen molar-refractivity contribution in [2.45, 2.75) is 19.5 Å². The van der Waals surface area contributed by atoms with E-state index in [2.05, 4.69) is 34.7 Å². The number of nitrogens with one attached hydrogen (secondary N) is 2. The van der Waals surface area contributed by atoms with E-state index in [9.17, 15) is 4.79 Å². The lowest BCUT2D eigenvalue weighted by molar-refractivity contribution is 0.0950. The van der Waals surface area contributed by atoms with Crippen molar-refractivity contribution in [1.82, 2.24) is 10.3 Å². The Kier molecular flexibility index (Phi) is 5.87. The Bertz CT molecular complexity index is 883. The van der Waals surface area contributed by atoms with E-state index in [-0.39, 0.29) is 11.9 Å². The highest BCUT2D eigenvalue weighted by molar-refractivity contribution is 6.31. The molecule has 0 saturated heterocycles. The predicted molar refractivity (Wildman–Crippen MR) is 105 cm³/mol. The van der Waals surface area contributed by atoms with Crippen LogP contribution in [0.4, 0.5) is 5.69 Å². The van der Waals surface area contributed by atoms with Crippen molar-refractivity contribution >= 4 is 23.2 Å². The number of amides is 1. The second kappa shape index (κ2) is 8.50. The third-order valence-corrected chi connectivity index (χ3v) is 4.45. The number of benzene rings is 2. The minimum atomic E-state index is -0.187. The van der Waals surface area contributed by atoms with Gasteiger partial charge >= 0.3 is 0 Å². The molecule has 0 fully saturated rings. The number of carbonyl (C=O) groups excluding carboxylic acids is 1. The highest BCUT2D eigenvalue weighted by Crippen LogP contribution is 2.19. The Morgan fingerprint density at radius 1 is 1.08 bits per heavy atom. The molecule has 0 aliphatic heterocycles. The maximum Gasteiger partial charge on any atom is 0.253 e. The van der Waals surface area contributed by atoms with Gasteiger partial charge in [-0.15, -0.1) is 0 Å². The molecule has 0 radical (unpaired) electrons. The van der Waals surface area contributed by atoms with Crippen LogP contribution in [-0.4, -0.2) is 10.9 Å². The second-order valence-electron chi connectivity index (χ2n) is 6.01. The molecule has 1 unspecified atom stereocenters. The molecule has 132 valence electrons. The van der Waals surface area contributed by atoms with Gasteiger partial charge in [0, 0.05) is 30.0 Å². The summed E-state index contributed by atoms with van der Waals surface area (Å²) in [6.45, 7) is 2.44. The fraction of sp³-hybridized carbons (Fsp3) is 0.143. The lowest BCUT2D eigenvalue weighted by Crippen LogP contribution is -2.23. The van der Waals surface area contributed by atoms with Crippen molar-refractivity contribution in [1.29, 1.82) is 0 Å². The fourth-order valence-corrected chi connectivity index (χ4v) is 2.84. The molecule has 26 heavy (non-hydrogen) atoms. The summed E-state index contributed by atoms with van der Waals surface area (Å²) < 4.78 is 0. The molecule has 1 aromatic heterocycles. The van der Waals surface area contributed by atoms with E-state index >= 15 is 0 Å². The summed E-state index contributed by atoms with van der Waals surface area (Å²) in [4.78, 5) is 16.6. The molecule has 0 spiro atoms. The van der Waals surface area contributed by atoms with Crippen molar-refractivity contribution in [2.75, 3.05) is 5.32 Å². The molecule has 2 N–H and O–H groups in total. The van der Waals surface area contributed by atoms with Crippen LogP contribution >= 0.6 is 11.6 Å². The molecule has 5 heteroatoms. The fourth-order valence-electron chi connectivity index (χ4n) is 2.64. The van der Waals surface area contributed by atoms with Crippen LogP contribution in [0.2, 0.25) is 5.02 Å². The van der Waals surface area contributed by atoms with E-state index in [1.165, 1.54) is 5.56 Å². The Hall–Kier alpha value is -2.85. The van der Waals surface area contributed by atoms with Crippen LogP contribution in [0.25, 0.3) is 0 Å². The SMILES string of the molecule is CC(Nc1cncc(C(=O)NCc2ccccc2Cl)c1)c1ccccc1. The van der Waals surface area contributed by atoms with Gasteiger partial charge in [-0.3, -0.25) is 9.78 Å². The highest BCUT2D eigenvalue weighted by atomic mass is 35.5. The molecule has 0 aliphatic carbocycles. The van der Waals surface area contributed by atoms with Gasteiger partial charge in [0.05, 0.1) is 11.3 Å². The Balaban J connectivity index is 1.65. The number of carbonyl (C=O) groups is 1. The van der Waals surface area contributed by atoms with E-state index in [1.807, 2.05) is 36.4 Å². The summed E-state index contributed by atoms with van der Waals surface area (Å²) in [5, 5.41) is 6.89. The number of hydrogen-bond donors (Lipinski definition) is 2. The van der Waals surface area contributed by atoms with Crippen LogP contribution in [0, 0.1) is 0 Å². The van der Waals surface area contributed by atoms with Crippen molar-refractivity contribution in [2.24, 2.45) is 0 Å². The monoisotopic (exact) mass is 365 g/mol. The normalized spacial score (nSPS) is 11.6. The maximum absolute atomic E-state index is 12.4. The van der Waals surface area contributed by atoms with E-state index in [0.717, 1.165) is 11.3 Å². The average molecular weight is 366 g/mol. The van der Waals surface area contributed by atoms with E-state index in [0.29, 0.717) is 17.1 Å². The summed E-state index contributed by atoms with van der Waals surface area (Å²) in [5.74, 6) is -0.187. The largest absolute Gasteiger partial charge is 0.377 e. The molecule has 1 heterocycles. The van der Waals surface area contributed by atoms with Crippen molar-refractivity contribution in [3.8, 4) is 0 Å². The Morgan fingerprint density at radius 3 is 2.58 bits per heavy atom. The van der Waals surface area contributed by atoms with Crippen molar-refractivity contribution < 1.29 is 4.79 Å². The third-order valence-electron chi connectivity index (χ3n) is 4.08. The molecule has 3 aromatic rings. The first-order chi connectivity index (χ1) is 12.6. The van der Waals surface area contributed by atoms with E-state index in [1.54, 1.807) is 24.5 Å². The summed E-state index contributed by atoms with van der Waals surface area (Å²) in [6.07, 6.45) is 3.27. The zero-order valence-corrected chi connectivity index (χ0v) is 15.2. The van der Waals surface area contributed by atoms with Gasteiger partial charge < -0.3 is 10.6 Å². The molecule has 2 aromatic carbocycles. The van der Waals surface area contributed by atoms with Crippen molar-refractivity contribution in [3.63, 3.8) is 0 Å². The molecular weight excluding hydrogens is 346 g/mol. The number of hydrogen-bond acceptors (Lipinski definition) is 3. The maximum atomic E-state index is 12.4. The molecule has 4 nitrogen and oxygen atoms in total. The summed E-state index contributed by atoms with van der Waals surface area (Å²) in [6, 6.07) is 19.5. The smallest absolute Gasteiger partial charge is 0.253 e. The van der Waals surface area contributed by atoms with Gasteiger partial charge in [-0.25, -0.2) is 0 Å². The summed E-state index contributed by atoms with van der Waals surface area (Å²) in [7, 11) is 0. The Labute approximate surface area is 158 Å². The molecule has 3 rings (SSSR count). The number of nitrogens with zero attached hydrogens (tertiary/aromatic N) is 1. The number of rotatable bonds is 6. The minimum absolute atomic E-state index is 0.111. The van der Waals surface area contributed by atoms with Crippen LogP contribution in [-0.2, 0) is 6.54 Å². The molecular formula is C21H20ClN3O. The van der Waals surface area contributed by atoms with Gasteiger partial charge in [-0.05, 0) is 30.2 Å². The minimum Gasteiger partial charge on any atom is -0.377 e. The van der Waals surface area contributed by atoms with Crippen molar-refractivity contribution in [3.05, 3.63) is 94.8 Å². The van der Waals surface area contributed by atoms with Crippen LogP contribution in [0.5, 0.6) is 0 Å². The Morgan fingerprint density at radius 2 is 1.81 bits per heavy atom. The topological polar surface area (TPSA) is 54.0 Å². The summed E-state index contributed by atoms with van der Waals surface area (Å²) in [5.41, 5.74) is 3.34. The van der Waals surface area contributed by atoms with Gasteiger partial charge in [0.2, 0.25) is 0 Å². The van der Waals surface area contributed by atoms with Crippen LogP contribution in [0.3, 0.4) is 0 Å². The lowest BCUT2D eigenvalue weighted by Gasteiger charge is -2.16. The molecule has 0 saturated carbocycles. The van der Waals surface area contributed by atoms with Gasteiger partial charge in [-0.1, -0.05) is 60.1 Å². The molecule has 0 aliphatic rings. The van der Waals surface area contributed by atoms with Crippen LogP contribution < -0.4 is 10.6 Å². The van der Waals surface area contributed by atoms with Gasteiger partial charge in [0.15, 0.2) is 0 Å². The third kappa shape index (κ3) is 4.61. The lowest BCUT2D eigenvalue weighted by atomic mass is 10.1. The number of aromatic nitrogens is 1. The first kappa shape index (κ1) is 18.0. The zero-order chi connectivity index (χ0) is 18.4. The quantitative estimate of drug-likeness (QED) is 0.657. The van der Waals surface area contributed by atoms with Gasteiger partial charge in [-0.2, -0.15) is 0 Å². The zero-order valence-electron chi connectivity index (χ0n) is 14.4. The molecule has 0 bridgehead atoms.